The van der Waals surface area contributed by atoms with E-state index >= 15 is 0 Å². The van der Waals surface area contributed by atoms with Crippen LogP contribution < -0.4 is 15.4 Å². The summed E-state index contributed by atoms with van der Waals surface area (Å²) < 4.78 is 5.62. The summed E-state index contributed by atoms with van der Waals surface area (Å²) in [7, 11) is 0. The number of nitrogens with zero attached hydrogens (tertiary/aromatic N) is 1. The van der Waals surface area contributed by atoms with E-state index in [2.05, 4.69) is 48.5 Å². The van der Waals surface area contributed by atoms with Gasteiger partial charge in [0.1, 0.15) is 5.75 Å². The Hall–Kier alpha value is -3.19. The number of nitrogens with one attached hydrogen (secondary N) is 2. The summed E-state index contributed by atoms with van der Waals surface area (Å²) in [5, 5.41) is 8.13. The Morgan fingerprint density at radius 3 is 2.77 bits per heavy atom. The number of hydrogen-bond acceptors (Lipinski definition) is 5. The number of thiazole rings is 1. The third-order valence-electron chi connectivity index (χ3n) is 5.21. The van der Waals surface area contributed by atoms with Gasteiger partial charge in [0.15, 0.2) is 11.7 Å². The van der Waals surface area contributed by atoms with Gasteiger partial charge in [-0.3, -0.25) is 14.9 Å². The molecule has 30 heavy (non-hydrogen) atoms. The normalized spacial score (nSPS) is 12.8. The maximum absolute atomic E-state index is 12.3. The van der Waals surface area contributed by atoms with Gasteiger partial charge in [-0.05, 0) is 73.7 Å². The lowest BCUT2D eigenvalue weighted by molar-refractivity contribution is -0.118. The van der Waals surface area contributed by atoms with Crippen molar-refractivity contribution in [1.29, 1.82) is 0 Å². The number of anilines is 2. The van der Waals surface area contributed by atoms with Crippen LogP contribution in [0, 0.1) is 20.8 Å². The summed E-state index contributed by atoms with van der Waals surface area (Å²) in [4.78, 5) is 28.3. The molecule has 2 heterocycles. The van der Waals surface area contributed by atoms with Crippen molar-refractivity contribution in [2.45, 2.75) is 33.6 Å². The summed E-state index contributed by atoms with van der Waals surface area (Å²) >= 11 is 1.39. The average molecular weight is 422 g/mol. The SMILES string of the molecule is Cc1cc(C)c(-c2csc(NC(=O)COc3ccc4c(c3)CCC(=O)N4)n2)cc1C. The van der Waals surface area contributed by atoms with E-state index in [1.54, 1.807) is 12.1 Å². The molecular weight excluding hydrogens is 398 g/mol. The summed E-state index contributed by atoms with van der Waals surface area (Å²) in [5.41, 5.74) is 7.38. The fraction of sp³-hybridized carbons (Fsp3) is 0.261. The van der Waals surface area contributed by atoms with E-state index in [1.165, 1.54) is 22.5 Å². The van der Waals surface area contributed by atoms with E-state index in [4.69, 9.17) is 4.74 Å². The zero-order chi connectivity index (χ0) is 21.3. The first-order valence-electron chi connectivity index (χ1n) is 9.78. The number of hydrogen-bond donors (Lipinski definition) is 2. The van der Waals surface area contributed by atoms with Crippen molar-refractivity contribution in [2.75, 3.05) is 17.2 Å². The Labute approximate surface area is 179 Å². The summed E-state index contributed by atoms with van der Waals surface area (Å²) in [6, 6.07) is 9.71. The molecule has 6 nitrogen and oxygen atoms in total. The molecule has 0 unspecified atom stereocenters. The number of rotatable bonds is 5. The van der Waals surface area contributed by atoms with Crippen LogP contribution in [0.15, 0.2) is 35.7 Å². The fourth-order valence-corrected chi connectivity index (χ4v) is 4.17. The Bertz CT molecular complexity index is 1140. The molecule has 0 saturated carbocycles. The minimum absolute atomic E-state index is 0.0226. The number of aryl methyl sites for hydroxylation is 4. The molecule has 0 radical (unpaired) electrons. The molecule has 3 aromatic rings. The molecule has 0 atom stereocenters. The molecule has 4 rings (SSSR count). The Kier molecular flexibility index (Phi) is 5.55. The molecule has 2 amide bonds. The Morgan fingerprint density at radius 2 is 1.93 bits per heavy atom. The van der Waals surface area contributed by atoms with E-state index in [1.807, 2.05) is 11.4 Å². The third kappa shape index (κ3) is 4.36. The molecule has 0 fully saturated rings. The van der Waals surface area contributed by atoms with Crippen LogP contribution in [0.5, 0.6) is 5.75 Å². The lowest BCUT2D eigenvalue weighted by Crippen LogP contribution is -2.21. The van der Waals surface area contributed by atoms with Crippen molar-refractivity contribution in [2.24, 2.45) is 0 Å². The largest absolute Gasteiger partial charge is 0.484 e. The van der Waals surface area contributed by atoms with Crippen LogP contribution in [0.3, 0.4) is 0 Å². The van der Waals surface area contributed by atoms with E-state index in [0.717, 1.165) is 28.1 Å². The van der Waals surface area contributed by atoms with E-state index in [9.17, 15) is 9.59 Å². The molecule has 154 valence electrons. The second-order valence-electron chi connectivity index (χ2n) is 7.49. The lowest BCUT2D eigenvalue weighted by Gasteiger charge is -2.17. The first-order valence-corrected chi connectivity index (χ1v) is 10.7. The molecule has 2 N–H and O–H groups in total. The summed E-state index contributed by atoms with van der Waals surface area (Å²) in [6.45, 7) is 6.14. The third-order valence-corrected chi connectivity index (χ3v) is 5.97. The summed E-state index contributed by atoms with van der Waals surface area (Å²) in [5.74, 6) is 0.360. The molecule has 0 spiro atoms. The number of carbonyl (C=O) groups is 2. The number of carbonyl (C=O) groups excluding carboxylic acids is 2. The molecule has 0 saturated heterocycles. The van der Waals surface area contributed by atoms with Gasteiger partial charge in [-0.25, -0.2) is 4.98 Å². The van der Waals surface area contributed by atoms with E-state index in [0.29, 0.717) is 23.7 Å². The fourth-order valence-electron chi connectivity index (χ4n) is 3.45. The van der Waals surface area contributed by atoms with Crippen LogP contribution in [0.25, 0.3) is 11.3 Å². The van der Waals surface area contributed by atoms with Crippen molar-refractivity contribution in [3.05, 3.63) is 58.0 Å². The van der Waals surface area contributed by atoms with Gasteiger partial charge >= 0.3 is 0 Å². The van der Waals surface area contributed by atoms with Gasteiger partial charge in [-0.15, -0.1) is 11.3 Å². The highest BCUT2D eigenvalue weighted by Gasteiger charge is 2.16. The van der Waals surface area contributed by atoms with Crippen molar-refractivity contribution >= 4 is 34.0 Å². The predicted molar refractivity (Wildman–Crippen MR) is 119 cm³/mol. The standard InChI is InChI=1S/C23H23N3O3S/c1-13-8-15(3)18(9-14(13)2)20-12-30-23(25-20)26-22(28)11-29-17-5-6-19-16(10-17)4-7-21(27)24-19/h5-6,8-10,12H,4,7,11H2,1-3H3,(H,24,27)(H,25,26,28). The predicted octanol–water partition coefficient (Wildman–Crippen LogP) is 4.64. The van der Waals surface area contributed by atoms with Gasteiger partial charge in [0, 0.05) is 23.1 Å². The molecule has 2 aromatic carbocycles. The highest BCUT2D eigenvalue weighted by Crippen LogP contribution is 2.30. The molecule has 0 bridgehead atoms. The summed E-state index contributed by atoms with van der Waals surface area (Å²) in [6.07, 6.45) is 1.13. The molecule has 0 aliphatic carbocycles. The number of fused-ring (bicyclic) bond motifs is 1. The number of benzene rings is 2. The zero-order valence-electron chi connectivity index (χ0n) is 17.2. The second kappa shape index (κ2) is 8.28. The molecule has 1 aliphatic heterocycles. The number of aromatic nitrogens is 1. The van der Waals surface area contributed by atoms with Gasteiger partial charge in [-0.2, -0.15) is 0 Å². The highest BCUT2D eigenvalue weighted by atomic mass is 32.1. The van der Waals surface area contributed by atoms with Gasteiger partial charge in [0.2, 0.25) is 5.91 Å². The van der Waals surface area contributed by atoms with E-state index < -0.39 is 0 Å². The molecule has 7 heteroatoms. The maximum Gasteiger partial charge on any atom is 0.264 e. The van der Waals surface area contributed by atoms with Crippen LogP contribution in [0.1, 0.15) is 28.7 Å². The highest BCUT2D eigenvalue weighted by molar-refractivity contribution is 7.14. The van der Waals surface area contributed by atoms with Gasteiger partial charge in [0.25, 0.3) is 5.91 Å². The van der Waals surface area contributed by atoms with Crippen LogP contribution >= 0.6 is 11.3 Å². The van der Waals surface area contributed by atoms with Crippen LogP contribution in [-0.2, 0) is 16.0 Å². The van der Waals surface area contributed by atoms with Crippen LogP contribution in [0.4, 0.5) is 10.8 Å². The van der Waals surface area contributed by atoms with E-state index in [-0.39, 0.29) is 18.4 Å². The zero-order valence-corrected chi connectivity index (χ0v) is 18.0. The number of amides is 2. The topological polar surface area (TPSA) is 80.3 Å². The van der Waals surface area contributed by atoms with Crippen LogP contribution in [-0.4, -0.2) is 23.4 Å². The van der Waals surface area contributed by atoms with Gasteiger partial charge in [-0.1, -0.05) is 6.07 Å². The van der Waals surface area contributed by atoms with Crippen molar-refractivity contribution < 1.29 is 14.3 Å². The second-order valence-corrected chi connectivity index (χ2v) is 8.35. The Balaban J connectivity index is 1.37. The molecule has 1 aliphatic rings. The minimum atomic E-state index is -0.265. The van der Waals surface area contributed by atoms with Crippen molar-refractivity contribution in [3.63, 3.8) is 0 Å². The monoisotopic (exact) mass is 421 g/mol. The first kappa shape index (κ1) is 20.1. The molecule has 1 aromatic heterocycles. The smallest absolute Gasteiger partial charge is 0.264 e. The Morgan fingerprint density at radius 1 is 1.13 bits per heavy atom. The molecular formula is C23H23N3O3S. The lowest BCUT2D eigenvalue weighted by atomic mass is 9.99. The minimum Gasteiger partial charge on any atom is -0.484 e. The van der Waals surface area contributed by atoms with Crippen molar-refractivity contribution in [3.8, 4) is 17.0 Å². The maximum atomic E-state index is 12.3. The van der Waals surface area contributed by atoms with Gasteiger partial charge < -0.3 is 10.1 Å². The van der Waals surface area contributed by atoms with Crippen molar-refractivity contribution in [1.82, 2.24) is 4.98 Å². The first-order chi connectivity index (χ1) is 14.4. The number of ether oxygens (including phenoxy) is 1. The van der Waals surface area contributed by atoms with Crippen LogP contribution in [0.2, 0.25) is 0 Å². The van der Waals surface area contributed by atoms with Gasteiger partial charge in [0.05, 0.1) is 5.69 Å². The quantitative estimate of drug-likeness (QED) is 0.629. The average Bonchev–Trinajstić information content (AvgIpc) is 3.17.